The van der Waals surface area contributed by atoms with Crippen LogP contribution in [-0.2, 0) is 5.41 Å². The number of benzene rings is 1. The first-order chi connectivity index (χ1) is 9.10. The summed E-state index contributed by atoms with van der Waals surface area (Å²) >= 11 is 0. The van der Waals surface area contributed by atoms with E-state index in [-0.39, 0.29) is 5.41 Å². The van der Waals surface area contributed by atoms with Crippen LogP contribution >= 0.6 is 0 Å². The van der Waals surface area contributed by atoms with Crippen LogP contribution < -0.4 is 10.1 Å². The minimum Gasteiger partial charge on any atom is -0.492 e. The zero-order chi connectivity index (χ0) is 13.5. The average Bonchev–Trinajstić information content (AvgIpc) is 2.64. The van der Waals surface area contributed by atoms with Crippen molar-refractivity contribution < 1.29 is 4.74 Å². The Morgan fingerprint density at radius 1 is 1.37 bits per heavy atom. The van der Waals surface area contributed by atoms with Crippen LogP contribution in [0.2, 0.25) is 0 Å². The lowest BCUT2D eigenvalue weighted by atomic mass is 9.79. The Bertz CT molecular complexity index is 462. The standard InChI is InChI=1S/C17H25NO/c1-17(2)11-19-16-8-7-13(10-14(16)17)15(18-3)9-12-5-4-6-12/h7-8,10,12,15,18H,4-6,9,11H2,1-3H3. The SMILES string of the molecule is CNC(CC1CCC1)c1ccc2c(c1)C(C)(C)CO2. The van der Waals surface area contributed by atoms with Gasteiger partial charge < -0.3 is 10.1 Å². The van der Waals surface area contributed by atoms with Crippen molar-refractivity contribution in [2.75, 3.05) is 13.7 Å². The van der Waals surface area contributed by atoms with E-state index in [1.54, 1.807) is 0 Å². The molecule has 0 bridgehead atoms. The molecular weight excluding hydrogens is 234 g/mol. The summed E-state index contributed by atoms with van der Waals surface area (Å²) in [5.41, 5.74) is 2.95. The highest BCUT2D eigenvalue weighted by Gasteiger charge is 2.32. The summed E-state index contributed by atoms with van der Waals surface area (Å²) in [6, 6.07) is 7.25. The first kappa shape index (κ1) is 13.0. The molecule has 1 saturated carbocycles. The fourth-order valence-electron chi connectivity index (χ4n) is 3.24. The largest absolute Gasteiger partial charge is 0.492 e. The number of nitrogens with one attached hydrogen (secondary N) is 1. The van der Waals surface area contributed by atoms with Crippen molar-refractivity contribution in [1.82, 2.24) is 5.32 Å². The molecule has 2 nitrogen and oxygen atoms in total. The summed E-state index contributed by atoms with van der Waals surface area (Å²) in [7, 11) is 2.08. The Hall–Kier alpha value is -1.02. The maximum Gasteiger partial charge on any atom is 0.123 e. The van der Waals surface area contributed by atoms with Crippen molar-refractivity contribution in [3.63, 3.8) is 0 Å². The second kappa shape index (κ2) is 4.82. The van der Waals surface area contributed by atoms with Gasteiger partial charge in [0.2, 0.25) is 0 Å². The molecule has 104 valence electrons. The number of hydrogen-bond donors (Lipinski definition) is 1. The van der Waals surface area contributed by atoms with E-state index in [0.29, 0.717) is 6.04 Å². The molecule has 1 aromatic rings. The van der Waals surface area contributed by atoms with E-state index >= 15 is 0 Å². The van der Waals surface area contributed by atoms with Crippen LogP contribution in [0.25, 0.3) is 0 Å². The zero-order valence-corrected chi connectivity index (χ0v) is 12.3. The molecule has 1 fully saturated rings. The van der Waals surface area contributed by atoms with E-state index in [9.17, 15) is 0 Å². The number of fused-ring (bicyclic) bond motifs is 1. The smallest absolute Gasteiger partial charge is 0.123 e. The van der Waals surface area contributed by atoms with Gasteiger partial charge in [-0.2, -0.15) is 0 Å². The summed E-state index contributed by atoms with van der Waals surface area (Å²) < 4.78 is 5.78. The third-order valence-electron chi connectivity index (χ3n) is 4.87. The van der Waals surface area contributed by atoms with Crippen LogP contribution in [0.15, 0.2) is 18.2 Å². The molecule has 1 atom stereocenters. The Morgan fingerprint density at radius 3 is 2.79 bits per heavy atom. The van der Waals surface area contributed by atoms with E-state index in [0.717, 1.165) is 18.3 Å². The summed E-state index contributed by atoms with van der Waals surface area (Å²) in [6.07, 6.45) is 5.53. The van der Waals surface area contributed by atoms with E-state index in [1.165, 1.54) is 36.8 Å². The van der Waals surface area contributed by atoms with Crippen molar-refractivity contribution >= 4 is 0 Å². The van der Waals surface area contributed by atoms with Gasteiger partial charge in [-0.1, -0.05) is 39.2 Å². The van der Waals surface area contributed by atoms with Crippen molar-refractivity contribution in [2.45, 2.75) is 51.0 Å². The molecule has 0 radical (unpaired) electrons. The number of rotatable bonds is 4. The van der Waals surface area contributed by atoms with Crippen molar-refractivity contribution in [1.29, 1.82) is 0 Å². The van der Waals surface area contributed by atoms with Gasteiger partial charge in [-0.15, -0.1) is 0 Å². The summed E-state index contributed by atoms with van der Waals surface area (Å²) in [5.74, 6) is 2.00. The van der Waals surface area contributed by atoms with E-state index < -0.39 is 0 Å². The van der Waals surface area contributed by atoms with Gasteiger partial charge in [0.15, 0.2) is 0 Å². The van der Waals surface area contributed by atoms with Crippen LogP contribution in [0.5, 0.6) is 5.75 Å². The molecule has 0 spiro atoms. The predicted molar refractivity (Wildman–Crippen MR) is 78.7 cm³/mol. The molecule has 19 heavy (non-hydrogen) atoms. The number of ether oxygens (including phenoxy) is 1. The van der Waals surface area contributed by atoms with Crippen molar-refractivity contribution in [2.24, 2.45) is 5.92 Å². The van der Waals surface area contributed by atoms with Crippen molar-refractivity contribution in [3.05, 3.63) is 29.3 Å². The van der Waals surface area contributed by atoms with Gasteiger partial charge in [0.1, 0.15) is 5.75 Å². The Balaban J connectivity index is 1.83. The fraction of sp³-hybridized carbons (Fsp3) is 0.647. The minimum absolute atomic E-state index is 0.153. The number of hydrogen-bond acceptors (Lipinski definition) is 2. The highest BCUT2D eigenvalue weighted by molar-refractivity contribution is 5.45. The predicted octanol–water partition coefficient (Wildman–Crippen LogP) is 3.81. The molecule has 1 aliphatic heterocycles. The summed E-state index contributed by atoms with van der Waals surface area (Å²) in [5, 5.41) is 3.50. The molecule has 0 amide bonds. The summed E-state index contributed by atoms with van der Waals surface area (Å²) in [4.78, 5) is 0. The molecule has 0 saturated heterocycles. The molecule has 1 unspecified atom stereocenters. The van der Waals surface area contributed by atoms with Gasteiger partial charge in [0.05, 0.1) is 6.61 Å². The lowest BCUT2D eigenvalue weighted by Gasteiger charge is -2.30. The van der Waals surface area contributed by atoms with Gasteiger partial charge in [-0.25, -0.2) is 0 Å². The zero-order valence-electron chi connectivity index (χ0n) is 12.3. The van der Waals surface area contributed by atoms with Crippen LogP contribution in [0.3, 0.4) is 0 Å². The highest BCUT2D eigenvalue weighted by Crippen LogP contribution is 2.41. The second-order valence-corrected chi connectivity index (χ2v) is 6.80. The second-order valence-electron chi connectivity index (χ2n) is 6.80. The van der Waals surface area contributed by atoms with Crippen LogP contribution in [0.1, 0.15) is 56.7 Å². The topological polar surface area (TPSA) is 21.3 Å². The van der Waals surface area contributed by atoms with Gasteiger partial charge in [-0.05, 0) is 37.1 Å². The average molecular weight is 259 g/mol. The monoisotopic (exact) mass is 259 g/mol. The van der Waals surface area contributed by atoms with Crippen LogP contribution in [0, 0.1) is 5.92 Å². The summed E-state index contributed by atoms with van der Waals surface area (Å²) in [6.45, 7) is 5.34. The lowest BCUT2D eigenvalue weighted by molar-refractivity contribution is 0.265. The molecule has 1 aromatic carbocycles. The molecule has 3 rings (SSSR count). The molecule has 2 aliphatic rings. The van der Waals surface area contributed by atoms with E-state index in [4.69, 9.17) is 4.74 Å². The molecule has 1 N–H and O–H groups in total. The normalized spacial score (nSPS) is 22.5. The third-order valence-corrected chi connectivity index (χ3v) is 4.87. The van der Waals surface area contributed by atoms with Gasteiger partial charge in [-0.3, -0.25) is 0 Å². The van der Waals surface area contributed by atoms with Crippen molar-refractivity contribution in [3.8, 4) is 5.75 Å². The molecule has 2 heteroatoms. The third kappa shape index (κ3) is 2.38. The van der Waals surface area contributed by atoms with Crippen LogP contribution in [-0.4, -0.2) is 13.7 Å². The Morgan fingerprint density at radius 2 is 2.16 bits per heavy atom. The maximum atomic E-state index is 5.78. The first-order valence-electron chi connectivity index (χ1n) is 7.54. The van der Waals surface area contributed by atoms with E-state index in [2.05, 4.69) is 44.4 Å². The molecule has 1 aliphatic carbocycles. The van der Waals surface area contributed by atoms with Gasteiger partial charge in [0, 0.05) is 17.0 Å². The Kier molecular flexibility index (Phi) is 3.30. The van der Waals surface area contributed by atoms with Crippen LogP contribution in [0.4, 0.5) is 0 Å². The Labute approximate surface area is 116 Å². The first-order valence-corrected chi connectivity index (χ1v) is 7.54. The van der Waals surface area contributed by atoms with Gasteiger partial charge >= 0.3 is 0 Å². The quantitative estimate of drug-likeness (QED) is 0.888. The molecular formula is C17H25NO. The maximum absolute atomic E-state index is 5.78. The fourth-order valence-corrected chi connectivity index (χ4v) is 3.24. The van der Waals surface area contributed by atoms with E-state index in [1.807, 2.05) is 0 Å². The molecule has 0 aromatic heterocycles. The lowest BCUT2D eigenvalue weighted by Crippen LogP contribution is -2.24. The van der Waals surface area contributed by atoms with Gasteiger partial charge in [0.25, 0.3) is 0 Å². The highest BCUT2D eigenvalue weighted by atomic mass is 16.5. The minimum atomic E-state index is 0.153. The molecule has 1 heterocycles.